The summed E-state index contributed by atoms with van der Waals surface area (Å²) in [5, 5.41) is 11.0. The highest BCUT2D eigenvalue weighted by molar-refractivity contribution is 7.99. The zero-order valence-corrected chi connectivity index (χ0v) is 16.9. The summed E-state index contributed by atoms with van der Waals surface area (Å²) in [6.07, 6.45) is 1.52. The van der Waals surface area contributed by atoms with E-state index in [1.54, 1.807) is 36.9 Å². The van der Waals surface area contributed by atoms with Gasteiger partial charge in [-0.15, -0.1) is 0 Å². The number of hydrogen-bond acceptors (Lipinski definition) is 5. The van der Waals surface area contributed by atoms with Gasteiger partial charge in [0.2, 0.25) is 5.91 Å². The average molecular weight is 413 g/mol. The highest BCUT2D eigenvalue weighted by Crippen LogP contribution is 2.45. The molecule has 1 N–H and O–H groups in total. The van der Waals surface area contributed by atoms with E-state index in [1.807, 2.05) is 0 Å². The molecule has 5 nitrogen and oxygen atoms in total. The van der Waals surface area contributed by atoms with Gasteiger partial charge >= 0.3 is 0 Å². The second kappa shape index (κ2) is 7.46. The number of aliphatic hydroxyl groups excluding tert-OH is 1. The molecular weight excluding hydrogens is 386 g/mol. The third-order valence-electron chi connectivity index (χ3n) is 5.79. The van der Waals surface area contributed by atoms with Crippen LogP contribution < -0.4 is 4.74 Å². The van der Waals surface area contributed by atoms with Crippen molar-refractivity contribution in [2.24, 2.45) is 5.92 Å². The van der Waals surface area contributed by atoms with Crippen LogP contribution in [-0.2, 0) is 4.79 Å². The Hall–Kier alpha value is -1.38. The Balaban J connectivity index is 1.62. The maximum Gasteiger partial charge on any atom is 0.288 e. The van der Waals surface area contributed by atoms with Gasteiger partial charge in [0.1, 0.15) is 17.5 Å². The fraction of sp³-hybridized carbons (Fsp3) is 0.650. The van der Waals surface area contributed by atoms with Gasteiger partial charge < -0.3 is 14.7 Å². The lowest BCUT2D eigenvalue weighted by Crippen LogP contribution is -2.59. The summed E-state index contributed by atoms with van der Waals surface area (Å²) in [4.78, 5) is 17.2. The van der Waals surface area contributed by atoms with Gasteiger partial charge in [0.15, 0.2) is 0 Å². The topological polar surface area (TPSA) is 53.0 Å². The molecule has 0 spiro atoms. The largest absolute Gasteiger partial charge is 0.485 e. The van der Waals surface area contributed by atoms with E-state index in [-0.39, 0.29) is 5.91 Å². The highest BCUT2D eigenvalue weighted by Gasteiger charge is 2.47. The van der Waals surface area contributed by atoms with Crippen LogP contribution in [0.15, 0.2) is 23.1 Å². The van der Waals surface area contributed by atoms with Crippen molar-refractivity contribution in [2.75, 3.05) is 26.2 Å². The number of piperazine rings is 1. The quantitative estimate of drug-likeness (QED) is 0.753. The van der Waals surface area contributed by atoms with Crippen LogP contribution in [0.25, 0.3) is 0 Å². The summed E-state index contributed by atoms with van der Waals surface area (Å²) in [6.45, 7) is 6.12. The van der Waals surface area contributed by atoms with E-state index < -0.39 is 23.5 Å². The van der Waals surface area contributed by atoms with Crippen LogP contribution in [0.4, 0.5) is 8.78 Å². The van der Waals surface area contributed by atoms with Gasteiger partial charge in [-0.25, -0.2) is 0 Å². The van der Waals surface area contributed by atoms with Gasteiger partial charge in [-0.1, -0.05) is 11.8 Å². The molecule has 1 saturated heterocycles. The summed E-state index contributed by atoms with van der Waals surface area (Å²) in [5.41, 5.74) is -0.290. The number of ether oxygens (including phenoxy) is 1. The van der Waals surface area contributed by atoms with Crippen molar-refractivity contribution in [2.45, 2.75) is 55.1 Å². The van der Waals surface area contributed by atoms with Gasteiger partial charge in [0, 0.05) is 30.1 Å². The molecule has 1 aromatic rings. The molecule has 3 aliphatic rings. The molecule has 1 aliphatic carbocycles. The van der Waals surface area contributed by atoms with Gasteiger partial charge in [-0.2, -0.15) is 8.78 Å². The molecule has 1 aromatic carbocycles. The van der Waals surface area contributed by atoms with Crippen LogP contribution in [0.5, 0.6) is 5.75 Å². The van der Waals surface area contributed by atoms with Crippen molar-refractivity contribution in [1.82, 2.24) is 9.80 Å². The number of alkyl halides is 2. The van der Waals surface area contributed by atoms with E-state index in [0.717, 1.165) is 13.1 Å². The Morgan fingerprint density at radius 1 is 1.32 bits per heavy atom. The standard InChI is InChI=1S/C20H26F2N2O3S/c1-20(2)18(26)17(14-9-13(28-19(21)22)5-6-15(14)27-20)24-8-7-23(11-16(24)25)10-12-3-4-12/h5-6,9,12,17-19,26H,3-4,7-8,10-11H2,1-2H3/t17-,18+/m0/s1. The summed E-state index contributed by atoms with van der Waals surface area (Å²) in [5.74, 6) is -1.32. The van der Waals surface area contributed by atoms with Crippen LogP contribution in [0, 0.1) is 5.92 Å². The zero-order valence-electron chi connectivity index (χ0n) is 16.1. The number of amides is 1. The SMILES string of the molecule is CC1(C)Oc2ccc(SC(F)F)cc2[C@H](N2CCN(CC3CC3)CC2=O)[C@H]1O. The smallest absolute Gasteiger partial charge is 0.288 e. The molecule has 0 aromatic heterocycles. The summed E-state index contributed by atoms with van der Waals surface area (Å²) in [7, 11) is 0. The highest BCUT2D eigenvalue weighted by atomic mass is 32.2. The van der Waals surface area contributed by atoms with Crippen LogP contribution >= 0.6 is 11.8 Å². The van der Waals surface area contributed by atoms with Crippen molar-refractivity contribution >= 4 is 17.7 Å². The third-order valence-corrected chi connectivity index (χ3v) is 6.50. The molecule has 2 heterocycles. The average Bonchev–Trinajstić information content (AvgIpc) is 3.41. The molecule has 1 amide bonds. The Bertz CT molecular complexity index is 757. The maximum atomic E-state index is 12.9. The van der Waals surface area contributed by atoms with E-state index in [4.69, 9.17) is 4.74 Å². The normalized spacial score (nSPS) is 27.6. The Morgan fingerprint density at radius 3 is 2.71 bits per heavy atom. The predicted molar refractivity (Wildman–Crippen MR) is 103 cm³/mol. The molecular formula is C20H26F2N2O3S. The summed E-state index contributed by atoms with van der Waals surface area (Å²) >= 11 is 0.454. The van der Waals surface area contributed by atoms with E-state index in [2.05, 4.69) is 4.90 Å². The lowest BCUT2D eigenvalue weighted by atomic mass is 9.85. The zero-order chi connectivity index (χ0) is 20.1. The molecule has 2 aliphatic heterocycles. The maximum absolute atomic E-state index is 12.9. The number of carbonyl (C=O) groups excluding carboxylic acids is 1. The van der Waals surface area contributed by atoms with Gasteiger partial charge in [-0.3, -0.25) is 9.69 Å². The van der Waals surface area contributed by atoms with E-state index in [0.29, 0.717) is 47.0 Å². The minimum atomic E-state index is -2.53. The van der Waals surface area contributed by atoms with Crippen molar-refractivity contribution in [3.8, 4) is 5.75 Å². The van der Waals surface area contributed by atoms with Crippen molar-refractivity contribution in [3.63, 3.8) is 0 Å². The molecule has 154 valence electrons. The second-order valence-electron chi connectivity index (χ2n) is 8.44. The predicted octanol–water partition coefficient (Wildman–Crippen LogP) is 3.13. The molecule has 0 bridgehead atoms. The number of fused-ring (bicyclic) bond motifs is 1. The number of rotatable bonds is 5. The fourth-order valence-corrected chi connectivity index (χ4v) is 4.66. The van der Waals surface area contributed by atoms with Crippen LogP contribution in [0.1, 0.15) is 38.3 Å². The molecule has 1 saturated carbocycles. The van der Waals surface area contributed by atoms with Crippen molar-refractivity contribution in [3.05, 3.63) is 23.8 Å². The molecule has 28 heavy (non-hydrogen) atoms. The molecule has 2 atom stereocenters. The first kappa shape index (κ1) is 19.9. The molecule has 8 heteroatoms. The van der Waals surface area contributed by atoms with Crippen molar-refractivity contribution < 1.29 is 23.4 Å². The molecule has 4 rings (SSSR count). The van der Waals surface area contributed by atoms with Crippen molar-refractivity contribution in [1.29, 1.82) is 0 Å². The number of halogens is 2. The number of hydrogen-bond donors (Lipinski definition) is 1. The molecule has 0 radical (unpaired) electrons. The van der Waals surface area contributed by atoms with E-state index >= 15 is 0 Å². The Kier molecular flexibility index (Phi) is 5.31. The van der Waals surface area contributed by atoms with Gasteiger partial charge in [-0.05, 0) is 50.8 Å². The summed E-state index contributed by atoms with van der Waals surface area (Å²) in [6, 6.07) is 4.27. The van der Waals surface area contributed by atoms with E-state index in [9.17, 15) is 18.7 Å². The second-order valence-corrected chi connectivity index (χ2v) is 9.50. The minimum absolute atomic E-state index is 0.0356. The number of carbonyl (C=O) groups is 1. The summed E-state index contributed by atoms with van der Waals surface area (Å²) < 4.78 is 31.6. The molecule has 0 unspecified atom stereocenters. The fourth-order valence-electron chi connectivity index (χ4n) is 4.11. The molecule has 2 fully saturated rings. The third kappa shape index (κ3) is 4.00. The van der Waals surface area contributed by atoms with Crippen LogP contribution in [-0.4, -0.2) is 64.5 Å². The first-order valence-corrected chi connectivity index (χ1v) is 10.6. The lowest BCUT2D eigenvalue weighted by molar-refractivity contribution is -0.150. The number of thioether (sulfide) groups is 1. The van der Waals surface area contributed by atoms with Gasteiger partial charge in [0.05, 0.1) is 12.6 Å². The van der Waals surface area contributed by atoms with Crippen LogP contribution in [0.2, 0.25) is 0 Å². The van der Waals surface area contributed by atoms with E-state index in [1.165, 1.54) is 12.8 Å². The number of benzene rings is 1. The number of aliphatic hydroxyl groups is 1. The first-order chi connectivity index (χ1) is 13.2. The van der Waals surface area contributed by atoms with Crippen LogP contribution in [0.3, 0.4) is 0 Å². The van der Waals surface area contributed by atoms with Gasteiger partial charge in [0.25, 0.3) is 5.76 Å². The minimum Gasteiger partial charge on any atom is -0.485 e. The number of nitrogens with zero attached hydrogens (tertiary/aromatic N) is 2. The Morgan fingerprint density at radius 2 is 2.07 bits per heavy atom. The lowest BCUT2D eigenvalue weighted by Gasteiger charge is -2.48. The Labute approximate surface area is 168 Å². The first-order valence-electron chi connectivity index (χ1n) is 9.72. The monoisotopic (exact) mass is 412 g/mol.